The van der Waals surface area contributed by atoms with E-state index in [0.717, 1.165) is 23.4 Å². The molecule has 0 unspecified atom stereocenters. The van der Waals surface area contributed by atoms with Crippen LogP contribution in [0.5, 0.6) is 0 Å². The van der Waals surface area contributed by atoms with Crippen molar-refractivity contribution in [3.63, 3.8) is 0 Å². The molecule has 23 heavy (non-hydrogen) atoms. The van der Waals surface area contributed by atoms with Crippen LogP contribution in [0, 0.1) is 0 Å². The van der Waals surface area contributed by atoms with Gasteiger partial charge in [0.25, 0.3) is 0 Å². The summed E-state index contributed by atoms with van der Waals surface area (Å²) >= 11 is 0. The SMILES string of the molecule is O=C(O)[C@@H]1CCCN1C(=O)CCc1ccc(-c2ccccc2)[nH]1. The average Bonchev–Trinajstić information content (AvgIpc) is 3.23. The van der Waals surface area contributed by atoms with Crippen molar-refractivity contribution in [2.24, 2.45) is 0 Å². The summed E-state index contributed by atoms with van der Waals surface area (Å²) in [6.07, 6.45) is 2.25. The molecule has 1 aliphatic rings. The number of benzene rings is 1. The van der Waals surface area contributed by atoms with Gasteiger partial charge in [-0.25, -0.2) is 4.79 Å². The summed E-state index contributed by atoms with van der Waals surface area (Å²) in [4.78, 5) is 28.2. The van der Waals surface area contributed by atoms with E-state index < -0.39 is 12.0 Å². The van der Waals surface area contributed by atoms with E-state index in [2.05, 4.69) is 4.98 Å². The molecule has 2 heterocycles. The number of amides is 1. The lowest BCUT2D eigenvalue weighted by atomic mass is 10.2. The van der Waals surface area contributed by atoms with Crippen molar-refractivity contribution in [2.45, 2.75) is 31.7 Å². The molecule has 0 aliphatic carbocycles. The maximum Gasteiger partial charge on any atom is 0.326 e. The molecular formula is C18H20N2O3. The Bertz CT molecular complexity index is 693. The van der Waals surface area contributed by atoms with Crippen LogP contribution in [0.15, 0.2) is 42.5 Å². The Kier molecular flexibility index (Phi) is 4.46. The Balaban J connectivity index is 1.60. The highest BCUT2D eigenvalue weighted by Gasteiger charge is 2.33. The molecule has 0 radical (unpaired) electrons. The van der Waals surface area contributed by atoms with Crippen molar-refractivity contribution in [1.82, 2.24) is 9.88 Å². The Morgan fingerprint density at radius 1 is 1.17 bits per heavy atom. The highest BCUT2D eigenvalue weighted by molar-refractivity contribution is 5.84. The van der Waals surface area contributed by atoms with Crippen molar-refractivity contribution in [3.8, 4) is 11.3 Å². The number of carboxylic acid groups (broad SMARTS) is 1. The fourth-order valence-corrected chi connectivity index (χ4v) is 3.08. The number of aromatic amines is 1. The zero-order chi connectivity index (χ0) is 16.2. The summed E-state index contributed by atoms with van der Waals surface area (Å²) in [6, 6.07) is 13.3. The lowest BCUT2D eigenvalue weighted by Crippen LogP contribution is -2.40. The molecular weight excluding hydrogens is 292 g/mol. The highest BCUT2D eigenvalue weighted by atomic mass is 16.4. The summed E-state index contributed by atoms with van der Waals surface area (Å²) < 4.78 is 0. The van der Waals surface area contributed by atoms with Crippen molar-refractivity contribution in [1.29, 1.82) is 0 Å². The number of carboxylic acids is 1. The zero-order valence-electron chi connectivity index (χ0n) is 12.9. The maximum absolute atomic E-state index is 12.3. The molecule has 1 saturated heterocycles. The molecule has 0 spiro atoms. The second-order valence-corrected chi connectivity index (χ2v) is 5.85. The second-order valence-electron chi connectivity index (χ2n) is 5.85. The monoisotopic (exact) mass is 312 g/mol. The molecule has 1 atom stereocenters. The zero-order valence-corrected chi connectivity index (χ0v) is 12.9. The first-order valence-corrected chi connectivity index (χ1v) is 7.91. The van der Waals surface area contributed by atoms with Crippen LogP contribution in [-0.2, 0) is 16.0 Å². The van der Waals surface area contributed by atoms with Crippen molar-refractivity contribution >= 4 is 11.9 Å². The summed E-state index contributed by atoms with van der Waals surface area (Å²) in [5, 5.41) is 9.15. The summed E-state index contributed by atoms with van der Waals surface area (Å²) in [7, 11) is 0. The number of aryl methyl sites for hydroxylation is 1. The molecule has 3 rings (SSSR count). The van der Waals surface area contributed by atoms with Gasteiger partial charge in [-0.15, -0.1) is 0 Å². The fourth-order valence-electron chi connectivity index (χ4n) is 3.08. The molecule has 0 bridgehead atoms. The van der Waals surface area contributed by atoms with Gasteiger partial charge in [0.15, 0.2) is 0 Å². The van der Waals surface area contributed by atoms with Crippen LogP contribution in [0.2, 0.25) is 0 Å². The number of carbonyl (C=O) groups is 2. The lowest BCUT2D eigenvalue weighted by Gasteiger charge is -2.21. The topological polar surface area (TPSA) is 73.4 Å². The molecule has 0 saturated carbocycles. The quantitative estimate of drug-likeness (QED) is 0.891. The van der Waals surface area contributed by atoms with Gasteiger partial charge >= 0.3 is 5.97 Å². The first-order chi connectivity index (χ1) is 11.1. The van der Waals surface area contributed by atoms with Gasteiger partial charge in [0.05, 0.1) is 0 Å². The van der Waals surface area contributed by atoms with Crippen molar-refractivity contribution in [3.05, 3.63) is 48.2 Å². The van der Waals surface area contributed by atoms with Gasteiger partial charge in [0.1, 0.15) is 6.04 Å². The van der Waals surface area contributed by atoms with Crippen LogP contribution in [0.25, 0.3) is 11.3 Å². The van der Waals surface area contributed by atoms with Crippen LogP contribution in [0.3, 0.4) is 0 Å². The first kappa shape index (κ1) is 15.3. The van der Waals surface area contributed by atoms with Crippen LogP contribution >= 0.6 is 0 Å². The smallest absolute Gasteiger partial charge is 0.326 e. The van der Waals surface area contributed by atoms with E-state index in [4.69, 9.17) is 5.11 Å². The molecule has 120 valence electrons. The minimum atomic E-state index is -0.901. The van der Waals surface area contributed by atoms with Gasteiger partial charge in [0.2, 0.25) is 5.91 Å². The molecule has 1 fully saturated rings. The third-order valence-corrected chi connectivity index (χ3v) is 4.30. The fraction of sp³-hybridized carbons (Fsp3) is 0.333. The lowest BCUT2D eigenvalue weighted by molar-refractivity contribution is -0.148. The molecule has 5 heteroatoms. The summed E-state index contributed by atoms with van der Waals surface area (Å²) in [5.41, 5.74) is 3.12. The van der Waals surface area contributed by atoms with Crippen molar-refractivity contribution in [2.75, 3.05) is 6.54 Å². The number of aliphatic carboxylic acids is 1. The van der Waals surface area contributed by atoms with E-state index >= 15 is 0 Å². The second kappa shape index (κ2) is 6.69. The molecule has 1 aliphatic heterocycles. The molecule has 2 aromatic rings. The number of nitrogens with one attached hydrogen (secondary N) is 1. The third kappa shape index (κ3) is 3.44. The Hall–Kier alpha value is -2.56. The largest absolute Gasteiger partial charge is 0.480 e. The number of nitrogens with zero attached hydrogens (tertiary/aromatic N) is 1. The Morgan fingerprint density at radius 3 is 2.70 bits per heavy atom. The van der Waals surface area contributed by atoms with Gasteiger partial charge in [-0.2, -0.15) is 0 Å². The predicted octanol–water partition coefficient (Wildman–Crippen LogP) is 2.69. The minimum absolute atomic E-state index is 0.0780. The summed E-state index contributed by atoms with van der Waals surface area (Å²) in [5.74, 6) is -0.979. The summed E-state index contributed by atoms with van der Waals surface area (Å²) in [6.45, 7) is 0.551. The normalized spacial score (nSPS) is 17.4. The van der Waals surface area contributed by atoms with E-state index in [9.17, 15) is 9.59 Å². The molecule has 2 N–H and O–H groups in total. The average molecular weight is 312 g/mol. The molecule has 1 amide bonds. The van der Waals surface area contributed by atoms with Gasteiger partial charge in [-0.1, -0.05) is 30.3 Å². The number of rotatable bonds is 5. The molecule has 1 aromatic carbocycles. The van der Waals surface area contributed by atoms with E-state index in [1.807, 2.05) is 42.5 Å². The number of carbonyl (C=O) groups excluding carboxylic acids is 1. The Morgan fingerprint density at radius 2 is 1.96 bits per heavy atom. The van der Waals surface area contributed by atoms with Gasteiger partial charge in [-0.3, -0.25) is 4.79 Å². The number of aromatic nitrogens is 1. The molecule has 1 aromatic heterocycles. The van der Waals surface area contributed by atoms with E-state index in [1.54, 1.807) is 0 Å². The maximum atomic E-state index is 12.3. The standard InChI is InChI=1S/C18H20N2O3/c21-17(20-12-4-7-16(20)18(22)23)11-9-14-8-10-15(19-14)13-5-2-1-3-6-13/h1-3,5-6,8,10,16,19H,4,7,9,11-12H2,(H,22,23)/t16-/m0/s1. The number of likely N-dealkylation sites (tertiary alicyclic amines) is 1. The van der Waals surface area contributed by atoms with E-state index in [-0.39, 0.29) is 5.91 Å². The van der Waals surface area contributed by atoms with Gasteiger partial charge < -0.3 is 15.0 Å². The third-order valence-electron chi connectivity index (χ3n) is 4.30. The van der Waals surface area contributed by atoms with Crippen molar-refractivity contribution < 1.29 is 14.7 Å². The Labute approximate surface area is 134 Å². The predicted molar refractivity (Wildman–Crippen MR) is 86.9 cm³/mol. The minimum Gasteiger partial charge on any atom is -0.480 e. The van der Waals surface area contributed by atoms with Crippen LogP contribution in [0.4, 0.5) is 0 Å². The highest BCUT2D eigenvalue weighted by Crippen LogP contribution is 2.21. The van der Waals surface area contributed by atoms with Crippen LogP contribution in [-0.4, -0.2) is 39.5 Å². The van der Waals surface area contributed by atoms with Crippen LogP contribution < -0.4 is 0 Å². The van der Waals surface area contributed by atoms with Gasteiger partial charge in [0, 0.05) is 24.4 Å². The van der Waals surface area contributed by atoms with Crippen LogP contribution in [0.1, 0.15) is 25.0 Å². The van der Waals surface area contributed by atoms with E-state index in [0.29, 0.717) is 25.8 Å². The first-order valence-electron chi connectivity index (χ1n) is 7.91. The van der Waals surface area contributed by atoms with E-state index in [1.165, 1.54) is 4.90 Å². The number of hydrogen-bond donors (Lipinski definition) is 2. The molecule has 5 nitrogen and oxygen atoms in total. The number of H-pyrrole nitrogens is 1. The van der Waals surface area contributed by atoms with Gasteiger partial charge in [-0.05, 0) is 37.0 Å². The number of hydrogen-bond acceptors (Lipinski definition) is 2.